The molecule has 0 aromatic carbocycles. The van der Waals surface area contributed by atoms with E-state index >= 15 is 0 Å². The molecule has 15 heavy (non-hydrogen) atoms. The van der Waals surface area contributed by atoms with Crippen LogP contribution in [0, 0.1) is 0 Å². The van der Waals surface area contributed by atoms with E-state index < -0.39 is 5.97 Å². The van der Waals surface area contributed by atoms with E-state index in [9.17, 15) is 9.59 Å². The number of hydrogen-bond donors (Lipinski definition) is 1. The van der Waals surface area contributed by atoms with Gasteiger partial charge in [-0.15, -0.1) is 0 Å². The highest BCUT2D eigenvalue weighted by Crippen LogP contribution is 2.17. The minimum Gasteiger partial charge on any atom is -0.477 e. The average molecular weight is 203 g/mol. The number of pyridine rings is 1. The van der Waals surface area contributed by atoms with Gasteiger partial charge in [0.2, 0.25) is 0 Å². The molecule has 0 aliphatic heterocycles. The third-order valence-corrected chi connectivity index (χ3v) is 2.27. The Balaban J connectivity index is 2.85. The zero-order valence-electron chi connectivity index (χ0n) is 8.10. The van der Waals surface area contributed by atoms with E-state index in [0.29, 0.717) is 11.1 Å². The summed E-state index contributed by atoms with van der Waals surface area (Å²) in [6.07, 6.45) is 1.63. The molecule has 0 aliphatic carbocycles. The molecular weight excluding hydrogens is 194 g/mol. The fourth-order valence-electron chi connectivity index (χ4n) is 1.60. The van der Waals surface area contributed by atoms with Crippen LogP contribution in [0.1, 0.15) is 27.8 Å². The summed E-state index contributed by atoms with van der Waals surface area (Å²) in [5.74, 6) is -1.17. The van der Waals surface area contributed by atoms with E-state index in [2.05, 4.69) is 0 Å². The molecule has 4 nitrogen and oxygen atoms in total. The monoisotopic (exact) mass is 203 g/mol. The molecule has 0 radical (unpaired) electrons. The van der Waals surface area contributed by atoms with Gasteiger partial charge in [-0.2, -0.15) is 0 Å². The summed E-state index contributed by atoms with van der Waals surface area (Å²) < 4.78 is 1.50. The third-order valence-electron chi connectivity index (χ3n) is 2.27. The molecule has 76 valence electrons. The molecular formula is C11H9NO3. The van der Waals surface area contributed by atoms with E-state index in [1.165, 1.54) is 17.4 Å². The predicted octanol–water partition coefficient (Wildman–Crippen LogP) is 1.84. The summed E-state index contributed by atoms with van der Waals surface area (Å²) in [6.45, 7) is 1.42. The molecule has 0 spiro atoms. The molecule has 0 bridgehead atoms. The van der Waals surface area contributed by atoms with Crippen LogP contribution in [-0.4, -0.2) is 21.3 Å². The maximum Gasteiger partial charge on any atom is 0.352 e. The first-order valence-electron chi connectivity index (χ1n) is 4.45. The number of carboxylic acid groups (broad SMARTS) is 1. The van der Waals surface area contributed by atoms with Gasteiger partial charge in [-0.1, -0.05) is 6.07 Å². The van der Waals surface area contributed by atoms with Crippen molar-refractivity contribution in [2.75, 3.05) is 0 Å². The van der Waals surface area contributed by atoms with Crippen molar-refractivity contribution in [3.05, 3.63) is 41.7 Å². The van der Waals surface area contributed by atoms with Gasteiger partial charge >= 0.3 is 5.97 Å². The number of fused-ring (bicyclic) bond motifs is 1. The van der Waals surface area contributed by atoms with Crippen LogP contribution in [0.3, 0.4) is 0 Å². The summed E-state index contributed by atoms with van der Waals surface area (Å²) in [5, 5.41) is 8.95. The Kier molecular flexibility index (Phi) is 2.04. The van der Waals surface area contributed by atoms with E-state index in [1.54, 1.807) is 24.4 Å². The molecule has 2 rings (SSSR count). The molecule has 0 saturated heterocycles. The number of aromatic nitrogens is 1. The maximum absolute atomic E-state index is 11.3. The van der Waals surface area contributed by atoms with Crippen LogP contribution in [0.2, 0.25) is 0 Å². The molecule has 0 unspecified atom stereocenters. The minimum atomic E-state index is -1.04. The standard InChI is InChI=1S/C11H9NO3/c1-7(13)8-6-10(11(14)15)12-5-3-2-4-9(8)12/h2-6H,1H3,(H,14,15). The second kappa shape index (κ2) is 3.24. The van der Waals surface area contributed by atoms with Crippen molar-refractivity contribution >= 4 is 17.3 Å². The lowest BCUT2D eigenvalue weighted by Crippen LogP contribution is -2.00. The molecule has 2 heterocycles. The van der Waals surface area contributed by atoms with Crippen molar-refractivity contribution in [3.63, 3.8) is 0 Å². The van der Waals surface area contributed by atoms with Gasteiger partial charge < -0.3 is 9.51 Å². The zero-order valence-corrected chi connectivity index (χ0v) is 8.10. The first kappa shape index (κ1) is 9.45. The molecule has 1 N–H and O–H groups in total. The van der Waals surface area contributed by atoms with Gasteiger partial charge in [0.05, 0.1) is 5.52 Å². The summed E-state index contributed by atoms with van der Waals surface area (Å²) >= 11 is 0. The predicted molar refractivity (Wildman–Crippen MR) is 54.4 cm³/mol. The van der Waals surface area contributed by atoms with Gasteiger partial charge in [0, 0.05) is 11.8 Å². The van der Waals surface area contributed by atoms with Crippen LogP contribution in [0.5, 0.6) is 0 Å². The fourth-order valence-corrected chi connectivity index (χ4v) is 1.60. The average Bonchev–Trinajstić information content (AvgIpc) is 2.56. The highest BCUT2D eigenvalue weighted by molar-refractivity contribution is 6.04. The lowest BCUT2D eigenvalue weighted by atomic mass is 10.2. The van der Waals surface area contributed by atoms with E-state index in [-0.39, 0.29) is 11.5 Å². The maximum atomic E-state index is 11.3. The fraction of sp³-hybridized carbons (Fsp3) is 0.0909. The quantitative estimate of drug-likeness (QED) is 0.757. The van der Waals surface area contributed by atoms with Gasteiger partial charge in [-0.05, 0) is 25.1 Å². The van der Waals surface area contributed by atoms with Gasteiger partial charge in [-0.25, -0.2) is 4.79 Å². The van der Waals surface area contributed by atoms with Crippen molar-refractivity contribution in [1.82, 2.24) is 4.40 Å². The van der Waals surface area contributed by atoms with Crippen molar-refractivity contribution in [2.24, 2.45) is 0 Å². The number of ketones is 1. The second-order valence-electron chi connectivity index (χ2n) is 3.26. The van der Waals surface area contributed by atoms with Crippen molar-refractivity contribution < 1.29 is 14.7 Å². The van der Waals surface area contributed by atoms with Crippen molar-refractivity contribution in [1.29, 1.82) is 0 Å². The van der Waals surface area contributed by atoms with E-state index in [0.717, 1.165) is 0 Å². The lowest BCUT2D eigenvalue weighted by molar-refractivity contribution is 0.0689. The number of rotatable bonds is 2. The Hall–Kier alpha value is -2.10. The summed E-state index contributed by atoms with van der Waals surface area (Å²) in [4.78, 5) is 22.2. The Morgan fingerprint density at radius 3 is 2.67 bits per heavy atom. The van der Waals surface area contributed by atoms with E-state index in [4.69, 9.17) is 5.11 Å². The summed E-state index contributed by atoms with van der Waals surface area (Å²) in [5.41, 5.74) is 1.17. The van der Waals surface area contributed by atoms with Gasteiger partial charge in [0.1, 0.15) is 5.69 Å². The number of Topliss-reactive ketones (excluding diaryl/α,β-unsaturated/α-hetero) is 1. The van der Waals surface area contributed by atoms with Crippen LogP contribution in [0.25, 0.3) is 5.52 Å². The topological polar surface area (TPSA) is 58.8 Å². The number of hydrogen-bond acceptors (Lipinski definition) is 2. The molecule has 2 aromatic heterocycles. The molecule has 2 aromatic rings. The zero-order chi connectivity index (χ0) is 11.0. The number of carbonyl (C=O) groups excluding carboxylic acids is 1. The normalized spacial score (nSPS) is 10.5. The highest BCUT2D eigenvalue weighted by Gasteiger charge is 2.15. The molecule has 4 heteroatoms. The van der Waals surface area contributed by atoms with Gasteiger partial charge in [0.15, 0.2) is 5.78 Å². The van der Waals surface area contributed by atoms with Gasteiger partial charge in [0.25, 0.3) is 0 Å². The Bertz CT molecular complexity index is 506. The summed E-state index contributed by atoms with van der Waals surface area (Å²) in [7, 11) is 0. The Morgan fingerprint density at radius 1 is 1.33 bits per heavy atom. The molecule has 0 amide bonds. The smallest absolute Gasteiger partial charge is 0.352 e. The van der Waals surface area contributed by atoms with Crippen LogP contribution < -0.4 is 0 Å². The first-order chi connectivity index (χ1) is 7.11. The Labute approximate surface area is 85.8 Å². The van der Waals surface area contributed by atoms with Crippen LogP contribution in [-0.2, 0) is 0 Å². The highest BCUT2D eigenvalue weighted by atomic mass is 16.4. The number of nitrogens with zero attached hydrogens (tertiary/aromatic N) is 1. The number of carboxylic acids is 1. The number of aromatic carboxylic acids is 1. The van der Waals surface area contributed by atoms with Crippen LogP contribution in [0.4, 0.5) is 0 Å². The van der Waals surface area contributed by atoms with Crippen LogP contribution in [0.15, 0.2) is 30.5 Å². The largest absolute Gasteiger partial charge is 0.477 e. The molecule has 0 aliphatic rings. The van der Waals surface area contributed by atoms with Crippen molar-refractivity contribution in [2.45, 2.75) is 6.92 Å². The first-order valence-corrected chi connectivity index (χ1v) is 4.45. The van der Waals surface area contributed by atoms with Crippen molar-refractivity contribution in [3.8, 4) is 0 Å². The molecule has 0 saturated carbocycles. The number of carbonyl (C=O) groups is 2. The SMILES string of the molecule is CC(=O)c1cc(C(=O)O)n2ccccc12. The molecule has 0 fully saturated rings. The lowest BCUT2D eigenvalue weighted by Gasteiger charge is -1.96. The molecule has 0 atom stereocenters. The Morgan fingerprint density at radius 2 is 2.07 bits per heavy atom. The van der Waals surface area contributed by atoms with Gasteiger partial charge in [-0.3, -0.25) is 4.79 Å². The van der Waals surface area contributed by atoms with Crippen LogP contribution >= 0.6 is 0 Å². The van der Waals surface area contributed by atoms with E-state index in [1.807, 2.05) is 0 Å². The minimum absolute atomic E-state index is 0.107. The third kappa shape index (κ3) is 1.40. The second-order valence-corrected chi connectivity index (χ2v) is 3.26. The summed E-state index contributed by atoms with van der Waals surface area (Å²) in [6, 6.07) is 6.62.